The molecule has 19 heavy (non-hydrogen) atoms. The third-order valence-corrected chi connectivity index (χ3v) is 3.17. The molecule has 0 aromatic carbocycles. The Morgan fingerprint density at radius 1 is 1.32 bits per heavy atom. The Kier molecular flexibility index (Phi) is 4.19. The molecule has 1 aromatic heterocycles. The van der Waals surface area contributed by atoms with Crippen molar-refractivity contribution >= 4 is 17.5 Å². The highest BCUT2D eigenvalue weighted by atomic mass is 16.1. The number of carbonyl (C=O) groups excluding carboxylic acids is 1. The van der Waals surface area contributed by atoms with E-state index in [4.69, 9.17) is 0 Å². The molecule has 6 nitrogen and oxygen atoms in total. The lowest BCUT2D eigenvalue weighted by Crippen LogP contribution is -2.24. The number of hydrogen-bond acceptors (Lipinski definition) is 5. The smallest absolute Gasteiger partial charge is 0.222 e. The van der Waals surface area contributed by atoms with Crippen molar-refractivity contribution in [1.82, 2.24) is 15.3 Å². The minimum Gasteiger partial charge on any atom is -0.370 e. The van der Waals surface area contributed by atoms with Gasteiger partial charge in [-0.05, 0) is 13.8 Å². The van der Waals surface area contributed by atoms with Crippen LogP contribution in [0.25, 0.3) is 0 Å². The molecule has 0 bridgehead atoms. The molecular formula is C13H21N5O. The van der Waals surface area contributed by atoms with E-state index < -0.39 is 0 Å². The first-order chi connectivity index (χ1) is 9.13. The number of rotatable bonds is 5. The van der Waals surface area contributed by atoms with Crippen molar-refractivity contribution in [3.8, 4) is 0 Å². The Bertz CT molecular complexity index is 474. The van der Waals surface area contributed by atoms with Crippen LogP contribution in [0.3, 0.4) is 0 Å². The van der Waals surface area contributed by atoms with Crippen LogP contribution in [-0.4, -0.2) is 35.0 Å². The van der Waals surface area contributed by atoms with Gasteiger partial charge in [-0.2, -0.15) is 0 Å². The van der Waals surface area contributed by atoms with E-state index in [0.717, 1.165) is 36.0 Å². The monoisotopic (exact) mass is 263 g/mol. The molecule has 0 aliphatic carbocycles. The van der Waals surface area contributed by atoms with Gasteiger partial charge >= 0.3 is 0 Å². The fourth-order valence-corrected chi connectivity index (χ4v) is 2.10. The Labute approximate surface area is 113 Å². The maximum atomic E-state index is 11.2. The highest BCUT2D eigenvalue weighted by molar-refractivity contribution is 5.79. The SMILES string of the molecule is CCNc1nc(CC)nc(NC2CNC(=O)C2)c1C. The van der Waals surface area contributed by atoms with Gasteiger partial charge in [-0.1, -0.05) is 6.92 Å². The fourth-order valence-electron chi connectivity index (χ4n) is 2.10. The van der Waals surface area contributed by atoms with Crippen LogP contribution < -0.4 is 16.0 Å². The summed E-state index contributed by atoms with van der Waals surface area (Å²) < 4.78 is 0. The van der Waals surface area contributed by atoms with Crippen molar-refractivity contribution in [3.63, 3.8) is 0 Å². The second kappa shape index (κ2) is 5.86. The molecule has 1 aliphatic heterocycles. The van der Waals surface area contributed by atoms with E-state index in [1.807, 2.05) is 20.8 Å². The van der Waals surface area contributed by atoms with Crippen LogP contribution in [0.15, 0.2) is 0 Å². The topological polar surface area (TPSA) is 78.9 Å². The molecule has 1 aliphatic rings. The van der Waals surface area contributed by atoms with E-state index in [1.54, 1.807) is 0 Å². The summed E-state index contributed by atoms with van der Waals surface area (Å²) >= 11 is 0. The Morgan fingerprint density at radius 3 is 2.63 bits per heavy atom. The first-order valence-electron chi connectivity index (χ1n) is 6.78. The van der Waals surface area contributed by atoms with Crippen molar-refractivity contribution < 1.29 is 4.79 Å². The van der Waals surface area contributed by atoms with Crippen LogP contribution in [-0.2, 0) is 11.2 Å². The van der Waals surface area contributed by atoms with Gasteiger partial charge in [0.2, 0.25) is 5.91 Å². The third kappa shape index (κ3) is 3.13. The van der Waals surface area contributed by atoms with Crippen LogP contribution in [0.1, 0.15) is 31.7 Å². The van der Waals surface area contributed by atoms with Crippen molar-refractivity contribution in [2.75, 3.05) is 23.7 Å². The van der Waals surface area contributed by atoms with Gasteiger partial charge in [-0.3, -0.25) is 4.79 Å². The molecule has 2 rings (SSSR count). The summed E-state index contributed by atoms with van der Waals surface area (Å²) in [5.74, 6) is 2.59. The third-order valence-electron chi connectivity index (χ3n) is 3.17. The van der Waals surface area contributed by atoms with E-state index in [1.165, 1.54) is 0 Å². The Morgan fingerprint density at radius 2 is 2.05 bits per heavy atom. The minimum atomic E-state index is 0.0897. The van der Waals surface area contributed by atoms with Crippen molar-refractivity contribution in [2.24, 2.45) is 0 Å². The largest absolute Gasteiger partial charge is 0.370 e. The van der Waals surface area contributed by atoms with Crippen molar-refractivity contribution in [1.29, 1.82) is 0 Å². The molecule has 104 valence electrons. The number of amides is 1. The molecule has 1 aromatic rings. The van der Waals surface area contributed by atoms with Gasteiger partial charge in [0.25, 0.3) is 0 Å². The van der Waals surface area contributed by atoms with Gasteiger partial charge in [0.05, 0.1) is 6.04 Å². The summed E-state index contributed by atoms with van der Waals surface area (Å²) in [6, 6.07) is 0.111. The van der Waals surface area contributed by atoms with Crippen molar-refractivity contribution in [2.45, 2.75) is 39.7 Å². The molecule has 1 amide bonds. The maximum Gasteiger partial charge on any atom is 0.222 e. The second-order valence-corrected chi connectivity index (χ2v) is 4.70. The van der Waals surface area contributed by atoms with Crippen LogP contribution in [0.4, 0.5) is 11.6 Å². The molecule has 1 atom stereocenters. The number of carbonyl (C=O) groups is 1. The van der Waals surface area contributed by atoms with Crippen LogP contribution in [0.5, 0.6) is 0 Å². The summed E-state index contributed by atoms with van der Waals surface area (Å²) in [5, 5.41) is 9.41. The summed E-state index contributed by atoms with van der Waals surface area (Å²) in [5.41, 5.74) is 0.999. The number of hydrogen-bond donors (Lipinski definition) is 3. The average Bonchev–Trinajstić information content (AvgIpc) is 2.80. The number of nitrogens with one attached hydrogen (secondary N) is 3. The van der Waals surface area contributed by atoms with Crippen LogP contribution >= 0.6 is 0 Å². The van der Waals surface area contributed by atoms with E-state index in [9.17, 15) is 4.79 Å². The maximum absolute atomic E-state index is 11.2. The van der Waals surface area contributed by atoms with Gasteiger partial charge in [0, 0.05) is 31.5 Å². The summed E-state index contributed by atoms with van der Waals surface area (Å²) in [6.45, 7) is 7.54. The lowest BCUT2D eigenvalue weighted by molar-refractivity contribution is -0.119. The van der Waals surface area contributed by atoms with Crippen molar-refractivity contribution in [3.05, 3.63) is 11.4 Å². The molecule has 0 radical (unpaired) electrons. The van der Waals surface area contributed by atoms with Crippen LogP contribution in [0, 0.1) is 6.92 Å². The fraction of sp³-hybridized carbons (Fsp3) is 0.615. The first-order valence-corrected chi connectivity index (χ1v) is 6.78. The van der Waals surface area contributed by atoms with E-state index in [-0.39, 0.29) is 11.9 Å². The Balaban J connectivity index is 2.22. The Hall–Kier alpha value is -1.85. The van der Waals surface area contributed by atoms with Gasteiger partial charge in [-0.15, -0.1) is 0 Å². The van der Waals surface area contributed by atoms with Crippen LogP contribution in [0.2, 0.25) is 0 Å². The average molecular weight is 263 g/mol. The zero-order valence-electron chi connectivity index (χ0n) is 11.7. The van der Waals surface area contributed by atoms with Gasteiger partial charge in [-0.25, -0.2) is 9.97 Å². The summed E-state index contributed by atoms with van der Waals surface area (Å²) in [6.07, 6.45) is 1.29. The predicted octanol–water partition coefficient (Wildman–Crippen LogP) is 1.08. The molecule has 0 saturated carbocycles. The first kappa shape index (κ1) is 13.6. The minimum absolute atomic E-state index is 0.0897. The van der Waals surface area contributed by atoms with E-state index in [2.05, 4.69) is 25.9 Å². The van der Waals surface area contributed by atoms with E-state index >= 15 is 0 Å². The second-order valence-electron chi connectivity index (χ2n) is 4.70. The lowest BCUT2D eigenvalue weighted by Gasteiger charge is -2.17. The predicted molar refractivity (Wildman–Crippen MR) is 75.3 cm³/mol. The molecule has 2 heterocycles. The lowest BCUT2D eigenvalue weighted by atomic mass is 10.2. The quantitative estimate of drug-likeness (QED) is 0.741. The molecule has 1 saturated heterocycles. The van der Waals surface area contributed by atoms with Gasteiger partial charge < -0.3 is 16.0 Å². The zero-order valence-corrected chi connectivity index (χ0v) is 11.7. The highest BCUT2D eigenvalue weighted by Gasteiger charge is 2.22. The highest BCUT2D eigenvalue weighted by Crippen LogP contribution is 2.21. The molecule has 1 fully saturated rings. The molecule has 6 heteroatoms. The van der Waals surface area contributed by atoms with Gasteiger partial charge in [0.1, 0.15) is 17.5 Å². The number of nitrogens with zero attached hydrogens (tertiary/aromatic N) is 2. The normalized spacial score (nSPS) is 18.3. The molecule has 0 spiro atoms. The standard InChI is InChI=1S/C13H21N5O/c1-4-10-17-12(14-5-2)8(3)13(18-10)16-9-6-11(19)15-7-9/h9H,4-7H2,1-3H3,(H,15,19)(H2,14,16,17,18). The number of anilines is 2. The number of aromatic nitrogens is 2. The molecular weight excluding hydrogens is 242 g/mol. The van der Waals surface area contributed by atoms with Gasteiger partial charge in [0.15, 0.2) is 0 Å². The summed E-state index contributed by atoms with van der Waals surface area (Å²) in [7, 11) is 0. The molecule has 3 N–H and O–H groups in total. The summed E-state index contributed by atoms with van der Waals surface area (Å²) in [4.78, 5) is 20.2. The number of aryl methyl sites for hydroxylation is 1. The zero-order chi connectivity index (χ0) is 13.8. The molecule has 1 unspecified atom stereocenters. The van der Waals surface area contributed by atoms with E-state index in [0.29, 0.717) is 13.0 Å².